The van der Waals surface area contributed by atoms with Crippen molar-refractivity contribution in [2.24, 2.45) is 4.99 Å². The van der Waals surface area contributed by atoms with Crippen molar-refractivity contribution in [3.63, 3.8) is 0 Å². The first-order chi connectivity index (χ1) is 12.1. The Labute approximate surface area is 152 Å². The van der Waals surface area contributed by atoms with Gasteiger partial charge < -0.3 is 15.2 Å². The smallest absolute Gasteiger partial charge is 0.193 e. The van der Waals surface area contributed by atoms with Gasteiger partial charge >= 0.3 is 0 Å². The average molecular weight is 356 g/mol. The number of aromatic amines is 1. The van der Waals surface area contributed by atoms with E-state index in [2.05, 4.69) is 61.9 Å². The predicted octanol–water partition coefficient (Wildman–Crippen LogP) is 3.49. The third-order valence-corrected chi connectivity index (χ3v) is 5.13. The van der Waals surface area contributed by atoms with Gasteiger partial charge in [-0.25, -0.2) is 4.98 Å². The third-order valence-electron chi connectivity index (χ3n) is 4.31. The minimum atomic E-state index is 0.760. The highest BCUT2D eigenvalue weighted by Crippen LogP contribution is 2.22. The molecule has 0 atom stereocenters. The number of hydrogen-bond acceptors (Lipinski definition) is 3. The normalized spacial score (nSPS) is 11.9. The largest absolute Gasteiger partial charge is 0.361 e. The van der Waals surface area contributed by atoms with Gasteiger partial charge in [0.2, 0.25) is 0 Å². The second kappa shape index (κ2) is 7.70. The van der Waals surface area contributed by atoms with E-state index in [9.17, 15) is 0 Å². The standard InChI is InChI=1S/C19H25N5S/c1-13-6-5-7-17-18(13)15(10-22-17)8-9-21-19(20-3)24(4)11-16-12-25-14(2)23-16/h5-7,10,12,22H,8-9,11H2,1-4H3,(H,20,21). The monoisotopic (exact) mass is 355 g/mol. The van der Waals surface area contributed by atoms with Crippen LogP contribution in [0.2, 0.25) is 0 Å². The van der Waals surface area contributed by atoms with E-state index >= 15 is 0 Å². The minimum Gasteiger partial charge on any atom is -0.361 e. The molecule has 2 N–H and O–H groups in total. The van der Waals surface area contributed by atoms with E-state index in [4.69, 9.17) is 0 Å². The summed E-state index contributed by atoms with van der Waals surface area (Å²) < 4.78 is 0. The fourth-order valence-corrected chi connectivity index (χ4v) is 3.74. The molecule has 0 saturated heterocycles. The Kier molecular flexibility index (Phi) is 5.38. The number of aryl methyl sites for hydroxylation is 2. The maximum Gasteiger partial charge on any atom is 0.193 e. The highest BCUT2D eigenvalue weighted by molar-refractivity contribution is 7.09. The van der Waals surface area contributed by atoms with Gasteiger partial charge in [0.25, 0.3) is 0 Å². The second-order valence-corrected chi connectivity index (χ2v) is 7.31. The van der Waals surface area contributed by atoms with E-state index in [0.717, 1.165) is 36.2 Å². The van der Waals surface area contributed by atoms with Crippen LogP contribution in [-0.2, 0) is 13.0 Å². The summed E-state index contributed by atoms with van der Waals surface area (Å²) in [5, 5.41) is 8.00. The Bertz CT molecular complexity index is 877. The van der Waals surface area contributed by atoms with Crippen LogP contribution in [-0.4, -0.2) is 41.5 Å². The Morgan fingerprint density at radius 3 is 2.92 bits per heavy atom. The number of rotatable bonds is 5. The molecule has 25 heavy (non-hydrogen) atoms. The summed E-state index contributed by atoms with van der Waals surface area (Å²) >= 11 is 1.68. The quantitative estimate of drug-likeness (QED) is 0.544. The molecule has 2 aromatic heterocycles. The first kappa shape index (κ1) is 17.5. The van der Waals surface area contributed by atoms with Crippen LogP contribution in [0.4, 0.5) is 0 Å². The van der Waals surface area contributed by atoms with Crippen molar-refractivity contribution in [3.8, 4) is 0 Å². The van der Waals surface area contributed by atoms with Crippen LogP contribution < -0.4 is 5.32 Å². The van der Waals surface area contributed by atoms with Crippen LogP contribution in [0, 0.1) is 13.8 Å². The molecule has 0 radical (unpaired) electrons. The maximum absolute atomic E-state index is 4.52. The Hall–Kier alpha value is -2.34. The van der Waals surface area contributed by atoms with Crippen LogP contribution in [0.3, 0.4) is 0 Å². The van der Waals surface area contributed by atoms with Crippen molar-refractivity contribution in [1.82, 2.24) is 20.2 Å². The van der Waals surface area contributed by atoms with Gasteiger partial charge in [-0.15, -0.1) is 11.3 Å². The molecule has 0 saturated carbocycles. The lowest BCUT2D eigenvalue weighted by atomic mass is 10.1. The molecule has 0 spiro atoms. The van der Waals surface area contributed by atoms with Crippen molar-refractivity contribution < 1.29 is 0 Å². The van der Waals surface area contributed by atoms with Crippen molar-refractivity contribution in [2.45, 2.75) is 26.8 Å². The van der Waals surface area contributed by atoms with Gasteiger partial charge in [-0.2, -0.15) is 0 Å². The maximum atomic E-state index is 4.52. The number of nitrogens with one attached hydrogen (secondary N) is 2. The number of guanidine groups is 1. The number of thiazole rings is 1. The molecule has 0 fully saturated rings. The molecule has 1 aromatic carbocycles. The van der Waals surface area contributed by atoms with Crippen molar-refractivity contribution in [3.05, 3.63) is 51.6 Å². The SMILES string of the molecule is CN=C(NCCc1c[nH]c2cccc(C)c12)N(C)Cc1csc(C)n1. The minimum absolute atomic E-state index is 0.760. The van der Waals surface area contributed by atoms with E-state index < -0.39 is 0 Å². The zero-order valence-corrected chi connectivity index (χ0v) is 16.1. The topological polar surface area (TPSA) is 56.3 Å². The zero-order valence-electron chi connectivity index (χ0n) is 15.3. The van der Waals surface area contributed by atoms with Crippen molar-refractivity contribution in [1.29, 1.82) is 0 Å². The molecule has 6 heteroatoms. The molecular weight excluding hydrogens is 330 g/mol. The number of nitrogens with zero attached hydrogens (tertiary/aromatic N) is 3. The highest BCUT2D eigenvalue weighted by Gasteiger charge is 2.10. The van der Waals surface area contributed by atoms with E-state index in [0.29, 0.717) is 0 Å². The summed E-state index contributed by atoms with van der Waals surface area (Å²) in [6, 6.07) is 6.38. The number of benzene rings is 1. The predicted molar refractivity (Wildman–Crippen MR) is 106 cm³/mol. The zero-order chi connectivity index (χ0) is 17.8. The summed E-state index contributed by atoms with van der Waals surface area (Å²) in [4.78, 5) is 14.4. The number of fused-ring (bicyclic) bond motifs is 1. The fraction of sp³-hybridized carbons (Fsp3) is 0.368. The summed E-state index contributed by atoms with van der Waals surface area (Å²) in [6.45, 7) is 5.80. The van der Waals surface area contributed by atoms with Gasteiger partial charge in [0.15, 0.2) is 5.96 Å². The molecule has 0 aliphatic heterocycles. The molecule has 3 aromatic rings. The van der Waals surface area contributed by atoms with Crippen LogP contribution >= 0.6 is 11.3 Å². The van der Waals surface area contributed by atoms with E-state index in [1.54, 1.807) is 11.3 Å². The third kappa shape index (κ3) is 4.02. The molecular formula is C19H25N5S. The van der Waals surface area contributed by atoms with Gasteiger partial charge in [-0.1, -0.05) is 12.1 Å². The van der Waals surface area contributed by atoms with Crippen molar-refractivity contribution in [2.75, 3.05) is 20.6 Å². The number of H-pyrrole nitrogens is 1. The fourth-order valence-electron chi connectivity index (χ4n) is 3.14. The Morgan fingerprint density at radius 2 is 2.20 bits per heavy atom. The second-order valence-electron chi connectivity index (χ2n) is 6.25. The number of aliphatic imine (C=N–C) groups is 1. The summed E-state index contributed by atoms with van der Waals surface area (Å²) in [5.74, 6) is 0.891. The first-order valence-electron chi connectivity index (χ1n) is 8.47. The molecule has 0 amide bonds. The van der Waals surface area contributed by atoms with E-state index in [-0.39, 0.29) is 0 Å². The Morgan fingerprint density at radius 1 is 1.36 bits per heavy atom. The summed E-state index contributed by atoms with van der Waals surface area (Å²) in [6.07, 6.45) is 3.07. The van der Waals surface area contributed by atoms with Gasteiger partial charge in [-0.3, -0.25) is 4.99 Å². The van der Waals surface area contributed by atoms with Gasteiger partial charge in [0.1, 0.15) is 0 Å². The number of aromatic nitrogens is 2. The van der Waals surface area contributed by atoms with E-state index in [1.165, 1.54) is 22.0 Å². The molecule has 0 unspecified atom stereocenters. The van der Waals surface area contributed by atoms with Gasteiger partial charge in [0.05, 0.1) is 17.2 Å². The Balaban J connectivity index is 1.59. The van der Waals surface area contributed by atoms with Crippen LogP contribution in [0.15, 0.2) is 34.8 Å². The molecule has 2 heterocycles. The average Bonchev–Trinajstić information content (AvgIpc) is 3.18. The molecule has 0 aliphatic carbocycles. The molecule has 0 aliphatic rings. The highest BCUT2D eigenvalue weighted by atomic mass is 32.1. The lowest BCUT2D eigenvalue weighted by molar-refractivity contribution is 0.471. The van der Waals surface area contributed by atoms with Gasteiger partial charge in [0, 0.05) is 43.1 Å². The summed E-state index contributed by atoms with van der Waals surface area (Å²) in [5.41, 5.74) is 4.94. The molecule has 3 rings (SSSR count). The molecule has 132 valence electrons. The molecule has 0 bridgehead atoms. The van der Waals surface area contributed by atoms with Gasteiger partial charge in [-0.05, 0) is 37.5 Å². The lowest BCUT2D eigenvalue weighted by Crippen LogP contribution is -2.39. The lowest BCUT2D eigenvalue weighted by Gasteiger charge is -2.21. The van der Waals surface area contributed by atoms with E-state index in [1.807, 2.05) is 21.0 Å². The summed E-state index contributed by atoms with van der Waals surface area (Å²) in [7, 11) is 3.86. The van der Waals surface area contributed by atoms with Crippen LogP contribution in [0.5, 0.6) is 0 Å². The molecule has 5 nitrogen and oxygen atoms in total. The first-order valence-corrected chi connectivity index (χ1v) is 9.35. The van der Waals surface area contributed by atoms with Crippen LogP contribution in [0.1, 0.15) is 21.8 Å². The van der Waals surface area contributed by atoms with Crippen LogP contribution in [0.25, 0.3) is 10.9 Å². The number of hydrogen-bond donors (Lipinski definition) is 2. The van der Waals surface area contributed by atoms with Crippen molar-refractivity contribution >= 4 is 28.2 Å².